The van der Waals surface area contributed by atoms with Crippen molar-refractivity contribution in [3.05, 3.63) is 35.2 Å². The summed E-state index contributed by atoms with van der Waals surface area (Å²) >= 11 is 0. The van der Waals surface area contributed by atoms with Crippen molar-refractivity contribution in [2.75, 3.05) is 26.9 Å². The average molecular weight is 344 g/mol. The Morgan fingerprint density at radius 1 is 1.28 bits per heavy atom. The zero-order chi connectivity index (χ0) is 17.4. The van der Waals surface area contributed by atoms with Crippen LogP contribution in [-0.2, 0) is 0 Å². The smallest absolute Gasteiger partial charge is 0.254 e. The number of carbonyl (C=O) groups excluding carboxylic acids is 1. The number of nitrogens with zero attached hydrogens (tertiary/aromatic N) is 2. The molecule has 1 aromatic carbocycles. The first-order valence-corrected chi connectivity index (χ1v) is 8.39. The van der Waals surface area contributed by atoms with Gasteiger partial charge in [0, 0.05) is 18.2 Å². The van der Waals surface area contributed by atoms with Crippen molar-refractivity contribution in [3.8, 4) is 17.2 Å². The fourth-order valence-corrected chi connectivity index (χ4v) is 3.42. The molecule has 1 fully saturated rings. The highest BCUT2D eigenvalue weighted by Gasteiger charge is 2.33. The van der Waals surface area contributed by atoms with E-state index in [-0.39, 0.29) is 11.9 Å². The van der Waals surface area contributed by atoms with E-state index in [4.69, 9.17) is 18.7 Å². The Morgan fingerprint density at radius 3 is 2.88 bits per heavy atom. The summed E-state index contributed by atoms with van der Waals surface area (Å²) in [6, 6.07) is 5.26. The normalized spacial score (nSPS) is 19.1. The van der Waals surface area contributed by atoms with E-state index in [9.17, 15) is 4.79 Å². The number of methoxy groups -OCH3 is 1. The van der Waals surface area contributed by atoms with Crippen LogP contribution in [0.4, 0.5) is 0 Å². The minimum Gasteiger partial charge on any atom is -0.493 e. The predicted molar refractivity (Wildman–Crippen MR) is 88.2 cm³/mol. The Labute approximate surface area is 145 Å². The van der Waals surface area contributed by atoms with Crippen molar-refractivity contribution >= 4 is 5.91 Å². The SMILES string of the molecule is COc1cc(C(=O)N2CCC[C@H]2c2cc(C)on2)cc2c1OCCO2. The molecule has 0 N–H and O–H groups in total. The van der Waals surface area contributed by atoms with E-state index < -0.39 is 0 Å². The van der Waals surface area contributed by atoms with Crippen LogP contribution >= 0.6 is 0 Å². The van der Waals surface area contributed by atoms with E-state index in [0.29, 0.717) is 42.6 Å². The predicted octanol–water partition coefficient (Wildman–Crippen LogP) is 2.74. The third kappa shape index (κ3) is 2.79. The third-order valence-electron chi connectivity index (χ3n) is 4.58. The minimum atomic E-state index is -0.0709. The number of aryl methyl sites for hydroxylation is 1. The highest BCUT2D eigenvalue weighted by Crippen LogP contribution is 2.41. The van der Waals surface area contributed by atoms with Gasteiger partial charge in [0.1, 0.15) is 24.7 Å². The lowest BCUT2D eigenvalue weighted by molar-refractivity contribution is 0.0729. The van der Waals surface area contributed by atoms with Crippen LogP contribution in [0.15, 0.2) is 22.7 Å². The highest BCUT2D eigenvalue weighted by molar-refractivity contribution is 5.96. The zero-order valence-corrected chi connectivity index (χ0v) is 14.3. The first-order valence-electron chi connectivity index (χ1n) is 8.39. The molecule has 1 aromatic heterocycles. The molecule has 0 aliphatic carbocycles. The van der Waals surface area contributed by atoms with E-state index in [2.05, 4.69) is 5.16 Å². The summed E-state index contributed by atoms with van der Waals surface area (Å²) in [6.07, 6.45) is 1.81. The van der Waals surface area contributed by atoms with Crippen LogP contribution in [0.25, 0.3) is 0 Å². The molecule has 4 rings (SSSR count). The molecular weight excluding hydrogens is 324 g/mol. The molecule has 0 spiro atoms. The quantitative estimate of drug-likeness (QED) is 0.852. The van der Waals surface area contributed by atoms with Crippen LogP contribution in [0, 0.1) is 6.92 Å². The molecule has 0 saturated carbocycles. The topological polar surface area (TPSA) is 74.0 Å². The summed E-state index contributed by atoms with van der Waals surface area (Å²) in [6.45, 7) is 3.46. The van der Waals surface area contributed by atoms with E-state index in [1.807, 2.05) is 17.9 Å². The van der Waals surface area contributed by atoms with Crippen LogP contribution in [0.1, 0.15) is 40.7 Å². The van der Waals surface area contributed by atoms with Gasteiger partial charge in [0.05, 0.1) is 13.2 Å². The number of hydrogen-bond acceptors (Lipinski definition) is 6. The highest BCUT2D eigenvalue weighted by atomic mass is 16.6. The van der Waals surface area contributed by atoms with E-state index >= 15 is 0 Å². The maximum Gasteiger partial charge on any atom is 0.254 e. The fraction of sp³-hybridized carbons (Fsp3) is 0.444. The number of benzene rings is 1. The molecule has 0 unspecified atom stereocenters. The van der Waals surface area contributed by atoms with Crippen LogP contribution in [0.5, 0.6) is 17.2 Å². The number of carbonyl (C=O) groups is 1. The van der Waals surface area contributed by atoms with Gasteiger partial charge in [0.2, 0.25) is 5.75 Å². The van der Waals surface area contributed by atoms with Gasteiger partial charge < -0.3 is 23.6 Å². The largest absolute Gasteiger partial charge is 0.493 e. The summed E-state index contributed by atoms with van der Waals surface area (Å²) < 4.78 is 21.8. The van der Waals surface area contributed by atoms with Gasteiger partial charge in [-0.05, 0) is 31.9 Å². The van der Waals surface area contributed by atoms with E-state index in [1.165, 1.54) is 0 Å². The first kappa shape index (κ1) is 15.8. The standard InChI is InChI=1S/C18H20N2O5/c1-11-8-13(19-25-11)14-4-3-5-20(14)18(21)12-9-15(22-2)17-16(10-12)23-6-7-24-17/h8-10,14H,3-7H2,1-2H3/t14-/m0/s1. The molecule has 132 valence electrons. The molecular formula is C18H20N2O5. The lowest BCUT2D eigenvalue weighted by Crippen LogP contribution is -2.31. The lowest BCUT2D eigenvalue weighted by Gasteiger charge is -2.25. The molecule has 1 amide bonds. The van der Waals surface area contributed by atoms with Crippen molar-refractivity contribution in [2.24, 2.45) is 0 Å². The summed E-state index contributed by atoms with van der Waals surface area (Å²) in [7, 11) is 1.55. The first-order chi connectivity index (χ1) is 12.2. The molecule has 2 aliphatic heterocycles. The summed E-state index contributed by atoms with van der Waals surface area (Å²) in [5, 5.41) is 4.09. The van der Waals surface area contributed by atoms with Gasteiger partial charge >= 0.3 is 0 Å². The summed E-state index contributed by atoms with van der Waals surface area (Å²) in [4.78, 5) is 14.9. The van der Waals surface area contributed by atoms with Gasteiger partial charge in [-0.15, -0.1) is 0 Å². The number of hydrogen-bond donors (Lipinski definition) is 0. The van der Waals surface area contributed by atoms with Gasteiger partial charge in [-0.2, -0.15) is 0 Å². The van der Waals surface area contributed by atoms with Gasteiger partial charge in [0.25, 0.3) is 5.91 Å². The number of likely N-dealkylation sites (tertiary alicyclic amines) is 1. The van der Waals surface area contributed by atoms with Crippen molar-refractivity contribution in [3.63, 3.8) is 0 Å². The van der Waals surface area contributed by atoms with E-state index in [1.54, 1.807) is 19.2 Å². The average Bonchev–Trinajstić information content (AvgIpc) is 3.28. The maximum atomic E-state index is 13.1. The van der Waals surface area contributed by atoms with Crippen LogP contribution in [-0.4, -0.2) is 42.8 Å². The maximum absolute atomic E-state index is 13.1. The molecule has 1 saturated heterocycles. The minimum absolute atomic E-state index is 0.0656. The molecule has 2 aliphatic rings. The number of ether oxygens (including phenoxy) is 3. The second kappa shape index (κ2) is 6.31. The van der Waals surface area contributed by atoms with Crippen molar-refractivity contribution in [1.29, 1.82) is 0 Å². The third-order valence-corrected chi connectivity index (χ3v) is 4.58. The van der Waals surface area contributed by atoms with Crippen LogP contribution in [0.2, 0.25) is 0 Å². The number of aromatic nitrogens is 1. The second-order valence-electron chi connectivity index (χ2n) is 6.22. The fourth-order valence-electron chi connectivity index (χ4n) is 3.42. The van der Waals surface area contributed by atoms with Crippen molar-refractivity contribution in [2.45, 2.75) is 25.8 Å². The summed E-state index contributed by atoms with van der Waals surface area (Å²) in [5.74, 6) is 2.28. The monoisotopic (exact) mass is 344 g/mol. The molecule has 0 bridgehead atoms. The Bertz CT molecular complexity index is 784. The zero-order valence-electron chi connectivity index (χ0n) is 14.3. The molecule has 0 radical (unpaired) electrons. The Balaban J connectivity index is 1.66. The molecule has 2 aromatic rings. The number of amides is 1. The van der Waals surface area contributed by atoms with Crippen LogP contribution in [0.3, 0.4) is 0 Å². The van der Waals surface area contributed by atoms with Gasteiger partial charge in [-0.3, -0.25) is 4.79 Å². The number of fused-ring (bicyclic) bond motifs is 1. The van der Waals surface area contributed by atoms with Gasteiger partial charge in [0.15, 0.2) is 11.5 Å². The second-order valence-corrected chi connectivity index (χ2v) is 6.22. The van der Waals surface area contributed by atoms with Gasteiger partial charge in [-0.25, -0.2) is 0 Å². The van der Waals surface area contributed by atoms with Crippen LogP contribution < -0.4 is 14.2 Å². The number of rotatable bonds is 3. The van der Waals surface area contributed by atoms with E-state index in [0.717, 1.165) is 24.3 Å². The van der Waals surface area contributed by atoms with Crippen molar-refractivity contribution < 1.29 is 23.5 Å². The lowest BCUT2D eigenvalue weighted by atomic mass is 10.1. The summed E-state index contributed by atoms with van der Waals surface area (Å²) in [5.41, 5.74) is 1.32. The Hall–Kier alpha value is -2.70. The molecule has 25 heavy (non-hydrogen) atoms. The Morgan fingerprint density at radius 2 is 2.12 bits per heavy atom. The van der Waals surface area contributed by atoms with Crippen molar-refractivity contribution in [1.82, 2.24) is 10.1 Å². The molecule has 7 nitrogen and oxygen atoms in total. The molecule has 3 heterocycles. The Kier molecular flexibility index (Phi) is 3.99. The van der Waals surface area contributed by atoms with Gasteiger partial charge in [-0.1, -0.05) is 5.16 Å². The molecule has 1 atom stereocenters. The molecule has 7 heteroatoms.